The predicted octanol–water partition coefficient (Wildman–Crippen LogP) is 2.57. The molecule has 0 radical (unpaired) electrons. The smallest absolute Gasteiger partial charge is 0.381 e. The fraction of sp³-hybridized carbons (Fsp3) is 0.588. The van der Waals surface area contributed by atoms with Gasteiger partial charge < -0.3 is 15.0 Å². The highest BCUT2D eigenvalue weighted by molar-refractivity contribution is 5.79. The molecular weight excluding hydrogens is 321 g/mol. The number of likely N-dealkylation sites (tertiary alicyclic amines) is 1. The summed E-state index contributed by atoms with van der Waals surface area (Å²) in [6.07, 6.45) is -2.26. The Labute approximate surface area is 139 Å². The van der Waals surface area contributed by atoms with Crippen LogP contribution in [0.5, 0.6) is 0 Å². The van der Waals surface area contributed by atoms with Crippen LogP contribution >= 0.6 is 0 Å². The van der Waals surface area contributed by atoms with Crippen LogP contribution in [0.15, 0.2) is 24.3 Å². The molecule has 0 spiro atoms. The first-order valence-corrected chi connectivity index (χ1v) is 8.20. The van der Waals surface area contributed by atoms with Gasteiger partial charge in [-0.15, -0.1) is 0 Å². The van der Waals surface area contributed by atoms with E-state index < -0.39 is 11.7 Å². The van der Waals surface area contributed by atoms with Gasteiger partial charge in [-0.2, -0.15) is 13.2 Å². The topological polar surface area (TPSA) is 41.6 Å². The molecule has 2 heterocycles. The van der Waals surface area contributed by atoms with E-state index in [0.29, 0.717) is 32.2 Å². The van der Waals surface area contributed by atoms with Gasteiger partial charge in [-0.25, -0.2) is 0 Å². The van der Waals surface area contributed by atoms with Gasteiger partial charge in [0.25, 0.3) is 0 Å². The van der Waals surface area contributed by atoms with E-state index in [-0.39, 0.29) is 24.1 Å². The summed E-state index contributed by atoms with van der Waals surface area (Å²) in [7, 11) is 0. The highest BCUT2D eigenvalue weighted by Gasteiger charge is 2.36. The van der Waals surface area contributed by atoms with Crippen molar-refractivity contribution in [3.8, 4) is 0 Å². The van der Waals surface area contributed by atoms with Crippen molar-refractivity contribution in [1.82, 2.24) is 10.2 Å². The summed E-state index contributed by atoms with van der Waals surface area (Å²) in [6.45, 7) is 1.87. The molecule has 0 aliphatic carbocycles. The average molecular weight is 342 g/mol. The molecule has 2 aliphatic heterocycles. The van der Waals surface area contributed by atoms with E-state index in [1.165, 1.54) is 17.0 Å². The molecule has 0 bridgehead atoms. The lowest BCUT2D eigenvalue weighted by atomic mass is 10.1. The number of rotatable bonds is 4. The maximum absolute atomic E-state index is 13.1. The van der Waals surface area contributed by atoms with Crippen LogP contribution in [0.4, 0.5) is 13.2 Å². The molecule has 1 aromatic rings. The zero-order valence-corrected chi connectivity index (χ0v) is 13.3. The largest absolute Gasteiger partial charge is 0.416 e. The first-order valence-electron chi connectivity index (χ1n) is 8.20. The lowest BCUT2D eigenvalue weighted by molar-refractivity contribution is -0.139. The maximum atomic E-state index is 13.1. The predicted molar refractivity (Wildman–Crippen MR) is 82.2 cm³/mol. The number of hydrogen-bond donors (Lipinski definition) is 1. The minimum atomic E-state index is -4.40. The number of benzene rings is 1. The van der Waals surface area contributed by atoms with Crippen LogP contribution in [0.2, 0.25) is 0 Å². The number of nitrogens with one attached hydrogen (secondary N) is 1. The lowest BCUT2D eigenvalue weighted by Gasteiger charge is -2.26. The molecule has 7 heteroatoms. The summed E-state index contributed by atoms with van der Waals surface area (Å²) in [4.78, 5) is 13.7. The first-order chi connectivity index (χ1) is 11.4. The number of halogens is 3. The second kappa shape index (κ2) is 7.11. The summed E-state index contributed by atoms with van der Waals surface area (Å²) in [5.41, 5.74) is -0.524. The standard InChI is InChI=1S/C17H21F3N2O2/c18-17(19,20)15-4-2-1-3-12(15)10-22-11-14(9-16(22)23)21-13-5-7-24-8-6-13/h1-4,13-14,21H,5-11H2/t14-/m0/s1. The number of ether oxygens (including phenoxy) is 1. The first kappa shape index (κ1) is 17.2. The molecule has 24 heavy (non-hydrogen) atoms. The van der Waals surface area contributed by atoms with E-state index in [1.807, 2.05) is 0 Å². The number of nitrogens with zero attached hydrogens (tertiary/aromatic N) is 1. The maximum Gasteiger partial charge on any atom is 0.416 e. The summed E-state index contributed by atoms with van der Waals surface area (Å²) in [5, 5.41) is 3.44. The van der Waals surface area contributed by atoms with Crippen LogP contribution in [0.1, 0.15) is 30.4 Å². The molecule has 3 rings (SSSR count). The van der Waals surface area contributed by atoms with Gasteiger partial charge in [0.05, 0.1) is 5.56 Å². The third-order valence-electron chi connectivity index (χ3n) is 4.59. The molecular formula is C17H21F3N2O2. The van der Waals surface area contributed by atoms with E-state index in [0.717, 1.165) is 18.9 Å². The zero-order valence-electron chi connectivity index (χ0n) is 13.3. The third-order valence-corrected chi connectivity index (χ3v) is 4.59. The van der Waals surface area contributed by atoms with E-state index >= 15 is 0 Å². The van der Waals surface area contributed by atoms with Gasteiger partial charge in [-0.1, -0.05) is 18.2 Å². The van der Waals surface area contributed by atoms with Crippen LogP contribution in [0.3, 0.4) is 0 Å². The molecule has 1 atom stereocenters. The summed E-state index contributed by atoms with van der Waals surface area (Å²) in [5.74, 6) is -0.100. The molecule has 0 aromatic heterocycles. The molecule has 2 fully saturated rings. The highest BCUT2D eigenvalue weighted by Crippen LogP contribution is 2.33. The van der Waals surface area contributed by atoms with Crippen molar-refractivity contribution in [1.29, 1.82) is 0 Å². The van der Waals surface area contributed by atoms with Gasteiger partial charge in [-0.3, -0.25) is 4.79 Å². The Morgan fingerprint density at radius 3 is 2.58 bits per heavy atom. The van der Waals surface area contributed by atoms with Gasteiger partial charge >= 0.3 is 6.18 Å². The Morgan fingerprint density at radius 1 is 1.17 bits per heavy atom. The van der Waals surface area contributed by atoms with Crippen molar-refractivity contribution in [2.75, 3.05) is 19.8 Å². The van der Waals surface area contributed by atoms with E-state index in [9.17, 15) is 18.0 Å². The zero-order chi connectivity index (χ0) is 17.2. The van der Waals surface area contributed by atoms with Crippen LogP contribution in [0.25, 0.3) is 0 Å². The number of alkyl halides is 3. The van der Waals surface area contributed by atoms with E-state index in [1.54, 1.807) is 6.07 Å². The van der Waals surface area contributed by atoms with Gasteiger partial charge in [0, 0.05) is 44.8 Å². The van der Waals surface area contributed by atoms with Crippen LogP contribution in [-0.4, -0.2) is 42.6 Å². The van der Waals surface area contributed by atoms with Crippen LogP contribution in [-0.2, 0) is 22.3 Å². The number of hydrogen-bond acceptors (Lipinski definition) is 3. The van der Waals surface area contributed by atoms with Crippen LogP contribution < -0.4 is 5.32 Å². The molecule has 1 N–H and O–H groups in total. The third kappa shape index (κ3) is 4.08. The quantitative estimate of drug-likeness (QED) is 0.914. The molecule has 1 aromatic carbocycles. The van der Waals surface area contributed by atoms with Crippen molar-refractivity contribution in [3.63, 3.8) is 0 Å². The van der Waals surface area contributed by atoms with Crippen molar-refractivity contribution in [2.24, 2.45) is 0 Å². The van der Waals surface area contributed by atoms with Crippen molar-refractivity contribution < 1.29 is 22.7 Å². The normalized spacial score (nSPS) is 23.0. The Kier molecular flexibility index (Phi) is 5.10. The Hall–Kier alpha value is -1.60. The van der Waals surface area contributed by atoms with Gasteiger partial charge in [-0.05, 0) is 24.5 Å². The minimum absolute atomic E-state index is 0.000471. The lowest BCUT2D eigenvalue weighted by Crippen LogP contribution is -2.42. The molecule has 2 aliphatic rings. The minimum Gasteiger partial charge on any atom is -0.381 e. The van der Waals surface area contributed by atoms with Gasteiger partial charge in [0.1, 0.15) is 0 Å². The molecule has 0 unspecified atom stereocenters. The van der Waals surface area contributed by atoms with E-state index in [2.05, 4.69) is 5.32 Å². The number of carbonyl (C=O) groups excluding carboxylic acids is 1. The SMILES string of the molecule is O=C1C[C@H](NC2CCOCC2)CN1Cc1ccccc1C(F)(F)F. The average Bonchev–Trinajstić information content (AvgIpc) is 2.87. The summed E-state index contributed by atoms with van der Waals surface area (Å²) < 4.78 is 44.5. The molecule has 0 saturated carbocycles. The fourth-order valence-corrected chi connectivity index (χ4v) is 3.37. The molecule has 132 valence electrons. The van der Waals surface area contributed by atoms with Crippen LogP contribution in [0, 0.1) is 0 Å². The number of carbonyl (C=O) groups is 1. The Morgan fingerprint density at radius 2 is 1.88 bits per heavy atom. The summed E-state index contributed by atoms with van der Waals surface area (Å²) in [6, 6.07) is 5.76. The molecule has 1 amide bonds. The van der Waals surface area contributed by atoms with Crippen molar-refractivity contribution >= 4 is 5.91 Å². The Bertz CT molecular complexity index is 585. The van der Waals surface area contributed by atoms with Gasteiger partial charge in [0.2, 0.25) is 5.91 Å². The molecule has 2 saturated heterocycles. The monoisotopic (exact) mass is 342 g/mol. The van der Waals surface area contributed by atoms with Crippen molar-refractivity contribution in [2.45, 2.75) is 44.1 Å². The van der Waals surface area contributed by atoms with Crippen molar-refractivity contribution in [3.05, 3.63) is 35.4 Å². The van der Waals surface area contributed by atoms with Gasteiger partial charge in [0.15, 0.2) is 0 Å². The fourth-order valence-electron chi connectivity index (χ4n) is 3.37. The summed E-state index contributed by atoms with van der Waals surface area (Å²) >= 11 is 0. The highest BCUT2D eigenvalue weighted by atomic mass is 19.4. The number of amides is 1. The molecule has 4 nitrogen and oxygen atoms in total. The second-order valence-electron chi connectivity index (χ2n) is 6.38. The van der Waals surface area contributed by atoms with E-state index in [4.69, 9.17) is 4.74 Å². The second-order valence-corrected chi connectivity index (χ2v) is 6.38. The Balaban J connectivity index is 1.63.